The number of furan rings is 1. The number of alkyl halides is 3. The smallest absolute Gasteiger partial charge is 0.416 e. The van der Waals surface area contributed by atoms with Gasteiger partial charge in [0.1, 0.15) is 12.3 Å². The Hall–Kier alpha value is -3.21. The van der Waals surface area contributed by atoms with Gasteiger partial charge in [-0.3, -0.25) is 19.3 Å². The Morgan fingerprint density at radius 3 is 2.60 bits per heavy atom. The molecule has 3 rings (SSSR count). The third kappa shape index (κ3) is 4.85. The van der Waals surface area contributed by atoms with Crippen LogP contribution in [0.15, 0.2) is 45.7 Å². The normalized spacial score (nSPS) is 15.8. The summed E-state index contributed by atoms with van der Waals surface area (Å²) < 4.78 is 43.8. The van der Waals surface area contributed by atoms with Crippen molar-refractivity contribution < 1.29 is 32.0 Å². The monoisotopic (exact) mass is 439 g/mol. The zero-order chi connectivity index (χ0) is 22.1. The highest BCUT2D eigenvalue weighted by Crippen LogP contribution is 2.33. The van der Waals surface area contributed by atoms with E-state index in [0.717, 1.165) is 23.1 Å². The van der Waals surface area contributed by atoms with Gasteiger partial charge < -0.3 is 14.6 Å². The highest BCUT2D eigenvalue weighted by atomic mass is 32.2. The Labute approximate surface area is 173 Å². The number of nitrogens with one attached hydrogen (secondary N) is 1. The van der Waals surface area contributed by atoms with Gasteiger partial charge in [0, 0.05) is 31.9 Å². The topological polar surface area (TPSA) is 82.9 Å². The van der Waals surface area contributed by atoms with Crippen molar-refractivity contribution in [3.05, 3.63) is 52.6 Å². The molecule has 7 nitrogen and oxygen atoms in total. The van der Waals surface area contributed by atoms with Gasteiger partial charge in [0.25, 0.3) is 11.1 Å². The van der Waals surface area contributed by atoms with Crippen LogP contribution < -0.4 is 10.2 Å². The van der Waals surface area contributed by atoms with Gasteiger partial charge in [0.15, 0.2) is 5.88 Å². The van der Waals surface area contributed by atoms with Crippen molar-refractivity contribution in [1.29, 1.82) is 0 Å². The summed E-state index contributed by atoms with van der Waals surface area (Å²) in [6.07, 6.45) is -3.17. The van der Waals surface area contributed by atoms with E-state index in [2.05, 4.69) is 5.32 Å². The first-order valence-electron chi connectivity index (χ1n) is 8.54. The SMILES string of the molecule is CN(C)c1ccc(/C=C2\SC(=O)N(CC(=O)Nc3cccc(C(F)(F)F)c3)C2=O)o1. The van der Waals surface area contributed by atoms with E-state index >= 15 is 0 Å². The standard InChI is InChI=1S/C19H16F3N3O4S/c1-24(2)16-7-6-13(29-16)9-14-17(27)25(18(28)30-14)10-15(26)23-12-5-3-4-11(8-12)19(20,21)22/h3-9H,10H2,1-2H3,(H,23,26)/b14-9-. The van der Waals surface area contributed by atoms with E-state index in [1.807, 2.05) is 0 Å². The molecule has 1 aromatic carbocycles. The number of imide groups is 1. The van der Waals surface area contributed by atoms with Crippen LogP contribution in [-0.4, -0.2) is 42.6 Å². The first-order chi connectivity index (χ1) is 14.0. The molecule has 1 aliphatic heterocycles. The summed E-state index contributed by atoms with van der Waals surface area (Å²) in [5.74, 6) is -0.573. The minimum Gasteiger partial charge on any atom is -0.441 e. The van der Waals surface area contributed by atoms with Crippen molar-refractivity contribution in [2.24, 2.45) is 0 Å². The van der Waals surface area contributed by atoms with E-state index in [1.54, 1.807) is 31.1 Å². The molecule has 3 amide bonds. The molecule has 1 fully saturated rings. The van der Waals surface area contributed by atoms with Crippen LogP contribution in [-0.2, 0) is 15.8 Å². The van der Waals surface area contributed by atoms with Crippen LogP contribution in [0.3, 0.4) is 0 Å². The lowest BCUT2D eigenvalue weighted by atomic mass is 10.2. The van der Waals surface area contributed by atoms with Crippen molar-refractivity contribution in [3.8, 4) is 0 Å². The number of hydrogen-bond donors (Lipinski definition) is 1. The van der Waals surface area contributed by atoms with Gasteiger partial charge in [0.05, 0.1) is 10.5 Å². The first-order valence-corrected chi connectivity index (χ1v) is 9.36. The molecule has 158 valence electrons. The van der Waals surface area contributed by atoms with Gasteiger partial charge in [-0.25, -0.2) is 0 Å². The molecule has 0 aliphatic carbocycles. The lowest BCUT2D eigenvalue weighted by Crippen LogP contribution is -2.36. The zero-order valence-corrected chi connectivity index (χ0v) is 16.6. The number of nitrogens with zero attached hydrogens (tertiary/aromatic N) is 2. The molecule has 2 heterocycles. The van der Waals surface area contributed by atoms with Crippen LogP contribution in [0.2, 0.25) is 0 Å². The minimum atomic E-state index is -4.56. The predicted molar refractivity (Wildman–Crippen MR) is 106 cm³/mol. The summed E-state index contributed by atoms with van der Waals surface area (Å²) in [5, 5.41) is 1.60. The molecular formula is C19H16F3N3O4S. The Morgan fingerprint density at radius 2 is 1.97 bits per heavy atom. The summed E-state index contributed by atoms with van der Waals surface area (Å²) in [7, 11) is 3.55. The second-order valence-corrected chi connectivity index (χ2v) is 7.46. The minimum absolute atomic E-state index is 0.0755. The van der Waals surface area contributed by atoms with Gasteiger partial charge in [-0.15, -0.1) is 0 Å². The van der Waals surface area contributed by atoms with Gasteiger partial charge in [-0.05, 0) is 36.0 Å². The molecule has 0 unspecified atom stereocenters. The van der Waals surface area contributed by atoms with Crippen molar-refractivity contribution in [1.82, 2.24) is 4.90 Å². The van der Waals surface area contributed by atoms with E-state index in [1.165, 1.54) is 12.1 Å². The molecule has 30 heavy (non-hydrogen) atoms. The average molecular weight is 439 g/mol. The van der Waals surface area contributed by atoms with Crippen LogP contribution in [0.4, 0.5) is 29.5 Å². The molecule has 0 spiro atoms. The number of halogens is 3. The van der Waals surface area contributed by atoms with Crippen molar-refractivity contribution in [2.75, 3.05) is 30.9 Å². The van der Waals surface area contributed by atoms with Crippen LogP contribution in [0.25, 0.3) is 6.08 Å². The summed E-state index contributed by atoms with van der Waals surface area (Å²) in [5.41, 5.74) is -1.02. The Bertz CT molecular complexity index is 1030. The zero-order valence-electron chi connectivity index (χ0n) is 15.8. The number of carbonyl (C=O) groups excluding carboxylic acids is 3. The summed E-state index contributed by atoms with van der Waals surface area (Å²) in [4.78, 5) is 39.3. The maximum absolute atomic E-state index is 12.8. The maximum Gasteiger partial charge on any atom is 0.416 e. The highest BCUT2D eigenvalue weighted by molar-refractivity contribution is 8.18. The van der Waals surface area contributed by atoms with E-state index in [4.69, 9.17) is 4.42 Å². The maximum atomic E-state index is 12.8. The van der Waals surface area contributed by atoms with Crippen molar-refractivity contribution >= 4 is 46.5 Å². The number of thioether (sulfide) groups is 1. The second kappa shape index (κ2) is 8.27. The fraction of sp³-hybridized carbons (Fsp3) is 0.211. The Balaban J connectivity index is 1.68. The van der Waals surface area contributed by atoms with Crippen LogP contribution in [0.1, 0.15) is 11.3 Å². The number of carbonyl (C=O) groups is 3. The third-order valence-corrected chi connectivity index (χ3v) is 4.88. The van der Waals surface area contributed by atoms with Gasteiger partial charge in [-0.1, -0.05) is 6.07 Å². The van der Waals surface area contributed by atoms with E-state index in [9.17, 15) is 27.6 Å². The van der Waals surface area contributed by atoms with E-state index in [0.29, 0.717) is 23.4 Å². The third-order valence-electron chi connectivity index (χ3n) is 3.98. The summed E-state index contributed by atoms with van der Waals surface area (Å²) in [6.45, 7) is -0.626. The first kappa shape index (κ1) is 21.5. The number of benzene rings is 1. The molecule has 2 aromatic rings. The fourth-order valence-electron chi connectivity index (χ4n) is 2.54. The van der Waals surface area contributed by atoms with Crippen molar-refractivity contribution in [2.45, 2.75) is 6.18 Å². The lowest BCUT2D eigenvalue weighted by Gasteiger charge is -2.13. The predicted octanol–water partition coefficient (Wildman–Crippen LogP) is 4.04. The molecule has 1 aliphatic rings. The van der Waals surface area contributed by atoms with E-state index < -0.39 is 35.3 Å². The Morgan fingerprint density at radius 1 is 1.23 bits per heavy atom. The van der Waals surface area contributed by atoms with Gasteiger partial charge in [-0.2, -0.15) is 13.2 Å². The van der Waals surface area contributed by atoms with Crippen LogP contribution in [0.5, 0.6) is 0 Å². The summed E-state index contributed by atoms with van der Waals surface area (Å²) in [6, 6.07) is 7.38. The second-order valence-electron chi connectivity index (χ2n) is 6.47. The van der Waals surface area contributed by atoms with Crippen LogP contribution in [0, 0.1) is 0 Å². The molecular weight excluding hydrogens is 423 g/mol. The molecule has 0 saturated carbocycles. The Kier molecular flexibility index (Phi) is 5.92. The summed E-state index contributed by atoms with van der Waals surface area (Å²) >= 11 is 0.645. The average Bonchev–Trinajstić information content (AvgIpc) is 3.22. The lowest BCUT2D eigenvalue weighted by molar-refractivity contribution is -0.137. The molecule has 1 aromatic heterocycles. The number of rotatable bonds is 5. The molecule has 0 radical (unpaired) electrons. The van der Waals surface area contributed by atoms with Crippen molar-refractivity contribution in [3.63, 3.8) is 0 Å². The van der Waals surface area contributed by atoms with E-state index in [-0.39, 0.29) is 10.6 Å². The quantitative estimate of drug-likeness (QED) is 0.708. The number of hydrogen-bond acceptors (Lipinski definition) is 6. The molecule has 11 heteroatoms. The molecule has 0 bridgehead atoms. The fourth-order valence-corrected chi connectivity index (χ4v) is 3.36. The number of anilines is 2. The number of amides is 3. The largest absolute Gasteiger partial charge is 0.441 e. The van der Waals surface area contributed by atoms with Crippen LogP contribution >= 0.6 is 11.8 Å². The van der Waals surface area contributed by atoms with Gasteiger partial charge >= 0.3 is 6.18 Å². The molecule has 0 atom stereocenters. The van der Waals surface area contributed by atoms with Gasteiger partial charge in [0.2, 0.25) is 5.91 Å². The highest BCUT2D eigenvalue weighted by Gasteiger charge is 2.36. The molecule has 1 N–H and O–H groups in total. The molecule has 1 saturated heterocycles.